The SMILES string of the molecule is CCN1CCN(C(=O)c2cc(S(=O)(=O)N3C[C@H](C)C[C@@H](C)C3)ccc2Cl)CC1. The highest BCUT2D eigenvalue weighted by Crippen LogP contribution is 2.29. The van der Waals surface area contributed by atoms with E-state index in [4.69, 9.17) is 11.6 Å². The summed E-state index contributed by atoms with van der Waals surface area (Å²) in [7, 11) is -3.65. The molecule has 0 aliphatic carbocycles. The van der Waals surface area contributed by atoms with Crippen LogP contribution in [0, 0.1) is 11.8 Å². The van der Waals surface area contributed by atoms with Crippen molar-refractivity contribution in [1.29, 1.82) is 0 Å². The molecule has 156 valence electrons. The smallest absolute Gasteiger partial charge is 0.255 e. The molecule has 0 bridgehead atoms. The maximum Gasteiger partial charge on any atom is 0.255 e. The van der Waals surface area contributed by atoms with E-state index in [1.54, 1.807) is 9.21 Å². The number of sulfonamides is 1. The summed E-state index contributed by atoms with van der Waals surface area (Å²) in [5, 5.41) is 0.294. The zero-order valence-corrected chi connectivity index (χ0v) is 18.5. The van der Waals surface area contributed by atoms with Gasteiger partial charge >= 0.3 is 0 Å². The molecule has 0 N–H and O–H groups in total. The topological polar surface area (TPSA) is 60.9 Å². The monoisotopic (exact) mass is 427 g/mol. The van der Waals surface area contributed by atoms with Crippen molar-refractivity contribution in [3.05, 3.63) is 28.8 Å². The summed E-state index contributed by atoms with van der Waals surface area (Å²) in [4.78, 5) is 17.2. The highest BCUT2D eigenvalue weighted by atomic mass is 35.5. The van der Waals surface area contributed by atoms with Gasteiger partial charge in [0.05, 0.1) is 15.5 Å². The van der Waals surface area contributed by atoms with E-state index >= 15 is 0 Å². The van der Waals surface area contributed by atoms with Gasteiger partial charge in [0.25, 0.3) is 5.91 Å². The van der Waals surface area contributed by atoms with Gasteiger partial charge in [0.15, 0.2) is 0 Å². The summed E-state index contributed by atoms with van der Waals surface area (Å²) in [5.41, 5.74) is 0.269. The average Bonchev–Trinajstić information content (AvgIpc) is 2.67. The molecule has 1 aromatic rings. The number of carbonyl (C=O) groups is 1. The molecule has 8 heteroatoms. The molecule has 2 atom stereocenters. The summed E-state index contributed by atoms with van der Waals surface area (Å²) < 4.78 is 27.9. The number of likely N-dealkylation sites (N-methyl/N-ethyl adjacent to an activating group) is 1. The van der Waals surface area contributed by atoms with E-state index in [9.17, 15) is 13.2 Å². The Morgan fingerprint density at radius 1 is 1.11 bits per heavy atom. The van der Waals surface area contributed by atoms with Gasteiger partial charge in [0.1, 0.15) is 0 Å². The minimum atomic E-state index is -3.65. The molecule has 6 nitrogen and oxygen atoms in total. The standard InChI is InChI=1S/C20H30ClN3O3S/c1-4-22-7-9-23(10-8-22)20(25)18-12-17(5-6-19(18)21)28(26,27)24-13-15(2)11-16(3)14-24/h5-6,12,15-16H,4,7-11,13-14H2,1-3H3/t15-,16-/m1/s1. The van der Waals surface area contributed by atoms with Crippen molar-refractivity contribution in [1.82, 2.24) is 14.1 Å². The highest BCUT2D eigenvalue weighted by molar-refractivity contribution is 7.89. The number of nitrogens with zero attached hydrogens (tertiary/aromatic N) is 3. The van der Waals surface area contributed by atoms with E-state index in [1.807, 2.05) is 0 Å². The third-order valence-electron chi connectivity index (χ3n) is 5.75. The van der Waals surface area contributed by atoms with Crippen LogP contribution in [0.15, 0.2) is 23.1 Å². The molecule has 2 heterocycles. The zero-order chi connectivity index (χ0) is 20.5. The second kappa shape index (κ2) is 8.69. The van der Waals surface area contributed by atoms with Crippen molar-refractivity contribution >= 4 is 27.5 Å². The molecule has 28 heavy (non-hydrogen) atoms. The Labute approximate surface area is 173 Å². The first kappa shape index (κ1) is 21.6. The Morgan fingerprint density at radius 2 is 1.71 bits per heavy atom. The normalized spacial score (nSPS) is 25.1. The lowest BCUT2D eigenvalue weighted by molar-refractivity contribution is 0.0643. The number of halogens is 1. The molecule has 0 aromatic heterocycles. The minimum absolute atomic E-state index is 0.147. The molecular weight excluding hydrogens is 398 g/mol. The molecule has 3 rings (SSSR count). The van der Waals surface area contributed by atoms with E-state index in [2.05, 4.69) is 25.7 Å². The second-order valence-corrected chi connectivity index (χ2v) is 10.5. The fraction of sp³-hybridized carbons (Fsp3) is 0.650. The van der Waals surface area contributed by atoms with Crippen molar-refractivity contribution in [2.75, 3.05) is 45.8 Å². The lowest BCUT2D eigenvalue weighted by Crippen LogP contribution is -2.48. The summed E-state index contributed by atoms with van der Waals surface area (Å²) in [5.74, 6) is 0.446. The van der Waals surface area contributed by atoms with Gasteiger partial charge in [-0.2, -0.15) is 4.31 Å². The lowest BCUT2D eigenvalue weighted by atomic mass is 9.94. The fourth-order valence-corrected chi connectivity index (χ4v) is 6.12. The molecule has 2 fully saturated rings. The number of carbonyl (C=O) groups excluding carboxylic acids is 1. The van der Waals surface area contributed by atoms with Crippen LogP contribution in [0.3, 0.4) is 0 Å². The first-order valence-electron chi connectivity index (χ1n) is 10.0. The maximum atomic E-state index is 13.2. The largest absolute Gasteiger partial charge is 0.336 e. The molecule has 2 aliphatic rings. The van der Waals surface area contributed by atoms with E-state index in [-0.39, 0.29) is 16.4 Å². The summed E-state index contributed by atoms with van der Waals surface area (Å²) in [6.45, 7) is 11.1. The molecule has 2 saturated heterocycles. The van der Waals surface area contributed by atoms with E-state index in [0.29, 0.717) is 43.0 Å². The number of rotatable bonds is 4. The van der Waals surface area contributed by atoms with Crippen molar-refractivity contribution in [3.8, 4) is 0 Å². The summed E-state index contributed by atoms with van der Waals surface area (Å²) in [6.07, 6.45) is 1.03. The van der Waals surface area contributed by atoms with E-state index in [1.165, 1.54) is 18.2 Å². The quantitative estimate of drug-likeness (QED) is 0.741. The third kappa shape index (κ3) is 4.53. The van der Waals surface area contributed by atoms with Crippen LogP contribution in [-0.2, 0) is 10.0 Å². The van der Waals surface area contributed by atoms with Crippen molar-refractivity contribution in [2.45, 2.75) is 32.1 Å². The van der Waals surface area contributed by atoms with Crippen LogP contribution < -0.4 is 0 Å². The number of hydrogen-bond acceptors (Lipinski definition) is 4. The molecule has 0 unspecified atom stereocenters. The van der Waals surface area contributed by atoms with Crippen LogP contribution in [0.2, 0.25) is 5.02 Å². The van der Waals surface area contributed by atoms with Crippen LogP contribution in [0.5, 0.6) is 0 Å². The van der Waals surface area contributed by atoms with Gasteiger partial charge in [-0.1, -0.05) is 32.4 Å². The first-order chi connectivity index (χ1) is 13.2. The molecule has 1 aromatic carbocycles. The van der Waals surface area contributed by atoms with Gasteiger partial charge in [0, 0.05) is 39.3 Å². The first-order valence-corrected chi connectivity index (χ1v) is 11.9. The Kier molecular flexibility index (Phi) is 6.69. The number of hydrogen-bond donors (Lipinski definition) is 0. The van der Waals surface area contributed by atoms with Crippen LogP contribution in [-0.4, -0.2) is 74.2 Å². The third-order valence-corrected chi connectivity index (χ3v) is 7.91. The molecule has 0 saturated carbocycles. The number of amides is 1. The van der Waals surface area contributed by atoms with Crippen molar-refractivity contribution in [2.24, 2.45) is 11.8 Å². The van der Waals surface area contributed by atoms with Crippen molar-refractivity contribution < 1.29 is 13.2 Å². The van der Waals surface area contributed by atoms with Crippen LogP contribution in [0.1, 0.15) is 37.6 Å². The second-order valence-electron chi connectivity index (χ2n) is 8.14. The van der Waals surface area contributed by atoms with Gasteiger partial charge in [-0.15, -0.1) is 0 Å². The molecule has 1 amide bonds. The van der Waals surface area contributed by atoms with Crippen molar-refractivity contribution in [3.63, 3.8) is 0 Å². The average molecular weight is 428 g/mol. The van der Waals surface area contributed by atoms with Crippen LogP contribution in [0.4, 0.5) is 0 Å². The van der Waals surface area contributed by atoms with E-state index in [0.717, 1.165) is 26.1 Å². The van der Waals surface area contributed by atoms with E-state index < -0.39 is 10.0 Å². The minimum Gasteiger partial charge on any atom is -0.336 e. The Bertz CT molecular complexity index is 812. The predicted octanol–water partition coefficient (Wildman–Crippen LogP) is 2.78. The molecular formula is C20H30ClN3O3S. The van der Waals surface area contributed by atoms with Gasteiger partial charge in [-0.3, -0.25) is 4.79 Å². The fourth-order valence-electron chi connectivity index (χ4n) is 4.22. The predicted molar refractivity (Wildman–Crippen MR) is 111 cm³/mol. The molecule has 2 aliphatic heterocycles. The lowest BCUT2D eigenvalue weighted by Gasteiger charge is -2.35. The Hall–Kier alpha value is -1.15. The Balaban J connectivity index is 1.84. The molecule has 0 spiro atoms. The summed E-state index contributed by atoms with van der Waals surface area (Å²) >= 11 is 6.28. The number of piperazine rings is 1. The maximum absolute atomic E-state index is 13.2. The van der Waals surface area contributed by atoms with Gasteiger partial charge < -0.3 is 9.80 Å². The molecule has 0 radical (unpaired) electrons. The van der Waals surface area contributed by atoms with Gasteiger partial charge in [-0.05, 0) is 43.0 Å². The van der Waals surface area contributed by atoms with Crippen LogP contribution >= 0.6 is 11.6 Å². The number of benzene rings is 1. The van der Waals surface area contributed by atoms with Crippen LogP contribution in [0.25, 0.3) is 0 Å². The summed E-state index contributed by atoms with van der Waals surface area (Å²) in [6, 6.07) is 4.49. The Morgan fingerprint density at radius 3 is 2.29 bits per heavy atom. The highest BCUT2D eigenvalue weighted by Gasteiger charge is 2.33. The zero-order valence-electron chi connectivity index (χ0n) is 16.9. The number of piperidine rings is 1. The van der Waals surface area contributed by atoms with Gasteiger partial charge in [0.2, 0.25) is 10.0 Å². The van der Waals surface area contributed by atoms with Gasteiger partial charge in [-0.25, -0.2) is 8.42 Å².